The summed E-state index contributed by atoms with van der Waals surface area (Å²) in [7, 11) is 0. The van der Waals surface area contributed by atoms with Crippen LogP contribution in [-0.2, 0) is 6.54 Å². The van der Waals surface area contributed by atoms with E-state index in [9.17, 15) is 18.0 Å². The van der Waals surface area contributed by atoms with Crippen LogP contribution in [0.4, 0.5) is 23.7 Å². The van der Waals surface area contributed by atoms with E-state index in [4.69, 9.17) is 5.73 Å². The quantitative estimate of drug-likeness (QED) is 0.743. The van der Waals surface area contributed by atoms with Gasteiger partial charge in [0.25, 0.3) is 0 Å². The highest BCUT2D eigenvalue weighted by atomic mass is 19.4. The van der Waals surface area contributed by atoms with Crippen LogP contribution in [0.25, 0.3) is 10.9 Å². The van der Waals surface area contributed by atoms with E-state index in [1.54, 1.807) is 18.3 Å². The molecule has 0 saturated carbocycles. The topological polar surface area (TPSA) is 71.3 Å². The van der Waals surface area contributed by atoms with Crippen LogP contribution >= 0.6 is 0 Å². The Morgan fingerprint density at radius 2 is 1.84 bits per heavy atom. The molecule has 0 atom stereocenters. The van der Waals surface area contributed by atoms with Crippen molar-refractivity contribution in [2.45, 2.75) is 12.9 Å². The summed E-state index contributed by atoms with van der Waals surface area (Å²) in [6.45, 7) is 0.117. The number of hydrogen-bond acceptors (Lipinski definition) is 2. The maximum absolute atomic E-state index is 12.2. The Balaban J connectivity index is 1.86. The number of hydrogen-bond donors (Lipinski definition) is 2. The molecule has 3 rings (SSSR count). The molecule has 3 N–H and O–H groups in total. The Hall–Kier alpha value is -3.16. The van der Waals surface area contributed by atoms with Gasteiger partial charge in [-0.25, -0.2) is 4.79 Å². The van der Waals surface area contributed by atoms with Crippen molar-refractivity contribution in [3.8, 4) is 5.75 Å². The van der Waals surface area contributed by atoms with Crippen LogP contribution in [0.15, 0.2) is 54.7 Å². The number of nitrogens with two attached hydrogens (primary N) is 1. The molecule has 0 aliphatic carbocycles. The number of rotatable bonds is 4. The first-order chi connectivity index (χ1) is 11.8. The fraction of sp³-hybridized carbons (Fsp3) is 0.118. The highest BCUT2D eigenvalue weighted by molar-refractivity contribution is 6.01. The molecule has 0 spiro atoms. The molecular weight excluding hydrogens is 335 g/mol. The van der Waals surface area contributed by atoms with E-state index in [2.05, 4.69) is 9.72 Å². The van der Waals surface area contributed by atoms with Crippen molar-refractivity contribution in [1.29, 1.82) is 0 Å². The van der Waals surface area contributed by atoms with Gasteiger partial charge in [0, 0.05) is 17.1 Å². The Bertz CT molecular complexity index is 888. The highest BCUT2D eigenvalue weighted by Crippen LogP contribution is 2.28. The van der Waals surface area contributed by atoms with E-state index in [1.807, 2.05) is 12.1 Å². The second kappa shape index (κ2) is 6.39. The van der Waals surface area contributed by atoms with Crippen LogP contribution in [0.1, 0.15) is 5.56 Å². The summed E-state index contributed by atoms with van der Waals surface area (Å²) in [6.07, 6.45) is -3.00. The van der Waals surface area contributed by atoms with E-state index >= 15 is 0 Å². The lowest BCUT2D eigenvalue weighted by Crippen LogP contribution is -2.35. The Morgan fingerprint density at radius 3 is 2.48 bits per heavy atom. The summed E-state index contributed by atoms with van der Waals surface area (Å²) < 4.78 is 40.4. The Morgan fingerprint density at radius 1 is 1.12 bits per heavy atom. The van der Waals surface area contributed by atoms with Gasteiger partial charge in [0.05, 0.1) is 12.2 Å². The van der Waals surface area contributed by atoms with Gasteiger partial charge in [0.2, 0.25) is 0 Å². The average molecular weight is 349 g/mol. The smallest absolute Gasteiger partial charge is 0.406 e. The van der Waals surface area contributed by atoms with Crippen molar-refractivity contribution < 1.29 is 22.7 Å². The first-order valence-corrected chi connectivity index (χ1v) is 7.31. The van der Waals surface area contributed by atoms with E-state index in [-0.39, 0.29) is 12.3 Å². The first-order valence-electron chi connectivity index (χ1n) is 7.31. The summed E-state index contributed by atoms with van der Waals surface area (Å²) in [4.78, 5) is 16.3. The number of urea groups is 1. The van der Waals surface area contributed by atoms with Crippen LogP contribution < -0.4 is 15.4 Å². The number of aromatic nitrogens is 1. The molecule has 0 unspecified atom stereocenters. The minimum absolute atomic E-state index is 0.117. The maximum Gasteiger partial charge on any atom is 0.573 e. The van der Waals surface area contributed by atoms with Crippen molar-refractivity contribution in [2.75, 3.05) is 4.90 Å². The normalized spacial score (nSPS) is 11.5. The second-order valence-corrected chi connectivity index (χ2v) is 5.33. The van der Waals surface area contributed by atoms with Gasteiger partial charge < -0.3 is 15.5 Å². The zero-order valence-corrected chi connectivity index (χ0v) is 12.9. The van der Waals surface area contributed by atoms with Crippen molar-refractivity contribution in [2.24, 2.45) is 5.73 Å². The van der Waals surface area contributed by atoms with Crippen molar-refractivity contribution in [3.05, 3.63) is 60.3 Å². The molecule has 1 heterocycles. The standard InChI is InChI=1S/C17H14F3N3O2/c18-17(19,20)25-12-6-4-11(5-7-12)10-23(16(21)24)15-3-1-2-14-13(15)8-9-22-14/h1-9,22H,10H2,(H2,21,24). The largest absolute Gasteiger partial charge is 0.573 e. The van der Waals surface area contributed by atoms with Gasteiger partial charge in [-0.2, -0.15) is 0 Å². The number of ether oxygens (including phenoxy) is 1. The van der Waals surface area contributed by atoms with E-state index in [0.29, 0.717) is 11.3 Å². The van der Waals surface area contributed by atoms with E-state index in [1.165, 1.54) is 29.2 Å². The van der Waals surface area contributed by atoms with Gasteiger partial charge in [-0.15, -0.1) is 13.2 Å². The molecule has 3 aromatic rings. The van der Waals surface area contributed by atoms with Crippen molar-refractivity contribution in [1.82, 2.24) is 4.98 Å². The predicted octanol–water partition coefficient (Wildman–Crippen LogP) is 4.15. The molecule has 0 radical (unpaired) electrons. The van der Waals surface area contributed by atoms with Crippen molar-refractivity contribution >= 4 is 22.6 Å². The second-order valence-electron chi connectivity index (χ2n) is 5.33. The number of primary amides is 1. The van der Waals surface area contributed by atoms with Gasteiger partial charge in [-0.05, 0) is 35.9 Å². The van der Waals surface area contributed by atoms with Gasteiger partial charge in [-0.3, -0.25) is 4.90 Å². The summed E-state index contributed by atoms with van der Waals surface area (Å²) in [5.74, 6) is -0.324. The van der Waals surface area contributed by atoms with Gasteiger partial charge >= 0.3 is 12.4 Å². The lowest BCUT2D eigenvalue weighted by atomic mass is 10.1. The van der Waals surface area contributed by atoms with E-state index < -0.39 is 12.4 Å². The number of alkyl halides is 3. The number of nitrogens with one attached hydrogen (secondary N) is 1. The number of anilines is 1. The summed E-state index contributed by atoms with van der Waals surface area (Å²) in [5, 5.41) is 0.818. The number of fused-ring (bicyclic) bond motifs is 1. The van der Waals surface area contributed by atoms with Crippen LogP contribution in [0.2, 0.25) is 0 Å². The molecule has 25 heavy (non-hydrogen) atoms. The fourth-order valence-corrected chi connectivity index (χ4v) is 2.57. The molecule has 8 heteroatoms. The zero-order chi connectivity index (χ0) is 18.0. The number of benzene rings is 2. The summed E-state index contributed by atoms with van der Waals surface area (Å²) in [6, 6.07) is 11.8. The molecule has 2 amide bonds. The summed E-state index contributed by atoms with van der Waals surface area (Å²) in [5.41, 5.74) is 7.56. The van der Waals surface area contributed by atoms with Gasteiger partial charge in [0.1, 0.15) is 5.75 Å². The van der Waals surface area contributed by atoms with Crippen LogP contribution in [0.5, 0.6) is 5.75 Å². The van der Waals surface area contributed by atoms with E-state index in [0.717, 1.165) is 10.9 Å². The number of halogens is 3. The number of aromatic amines is 1. The maximum atomic E-state index is 12.2. The molecule has 1 aromatic heterocycles. The highest BCUT2D eigenvalue weighted by Gasteiger charge is 2.31. The van der Waals surface area contributed by atoms with Crippen LogP contribution in [0, 0.1) is 0 Å². The molecule has 0 fully saturated rings. The zero-order valence-electron chi connectivity index (χ0n) is 12.9. The third-order valence-corrected chi connectivity index (χ3v) is 3.63. The number of carbonyl (C=O) groups excluding carboxylic acids is 1. The Labute approximate surface area is 140 Å². The summed E-state index contributed by atoms with van der Waals surface area (Å²) >= 11 is 0. The SMILES string of the molecule is NC(=O)N(Cc1ccc(OC(F)(F)F)cc1)c1cccc2[nH]ccc12. The van der Waals surface area contributed by atoms with Gasteiger partial charge in [0.15, 0.2) is 0 Å². The molecule has 2 aromatic carbocycles. The average Bonchev–Trinajstić information content (AvgIpc) is 3.01. The fourth-order valence-electron chi connectivity index (χ4n) is 2.57. The minimum Gasteiger partial charge on any atom is -0.406 e. The third kappa shape index (κ3) is 3.85. The van der Waals surface area contributed by atoms with Crippen LogP contribution in [0.3, 0.4) is 0 Å². The molecular formula is C17H14F3N3O2. The van der Waals surface area contributed by atoms with Crippen molar-refractivity contribution in [3.63, 3.8) is 0 Å². The number of nitrogens with zero attached hydrogens (tertiary/aromatic N) is 1. The molecule has 0 saturated heterocycles. The number of carbonyl (C=O) groups is 1. The molecule has 0 aliphatic rings. The Kier molecular flexibility index (Phi) is 4.26. The van der Waals surface area contributed by atoms with Gasteiger partial charge in [-0.1, -0.05) is 18.2 Å². The molecule has 0 aliphatic heterocycles. The number of H-pyrrole nitrogens is 1. The molecule has 130 valence electrons. The lowest BCUT2D eigenvalue weighted by Gasteiger charge is -2.21. The minimum atomic E-state index is -4.75. The molecule has 0 bridgehead atoms. The predicted molar refractivity (Wildman–Crippen MR) is 87.2 cm³/mol. The third-order valence-electron chi connectivity index (χ3n) is 3.63. The lowest BCUT2D eigenvalue weighted by molar-refractivity contribution is -0.274. The number of amides is 2. The first kappa shape index (κ1) is 16.7. The van der Waals surface area contributed by atoms with Crippen LogP contribution in [-0.4, -0.2) is 17.4 Å². The monoisotopic (exact) mass is 349 g/mol. The molecule has 5 nitrogen and oxygen atoms in total.